The highest BCUT2D eigenvalue weighted by Gasteiger charge is 2.26. The first kappa shape index (κ1) is 14.9. The molecule has 0 aromatic carbocycles. The maximum Gasteiger partial charge on any atom is 0.0589 e. The lowest BCUT2D eigenvalue weighted by Crippen LogP contribution is -2.37. The van der Waals surface area contributed by atoms with Crippen molar-refractivity contribution >= 4 is 0 Å². The third-order valence-corrected chi connectivity index (χ3v) is 4.13. The van der Waals surface area contributed by atoms with Crippen LogP contribution in [0.3, 0.4) is 0 Å². The molecule has 1 fully saturated rings. The second-order valence-corrected chi connectivity index (χ2v) is 5.50. The van der Waals surface area contributed by atoms with Gasteiger partial charge in [0.25, 0.3) is 0 Å². The molecule has 2 unspecified atom stereocenters. The zero-order chi connectivity index (χ0) is 12.7. The zero-order valence-electron chi connectivity index (χ0n) is 12.0. The predicted molar refractivity (Wildman–Crippen MR) is 73.4 cm³/mol. The molecule has 0 spiro atoms. The van der Waals surface area contributed by atoms with Crippen molar-refractivity contribution in [3.63, 3.8) is 0 Å². The second kappa shape index (κ2) is 8.06. The molecule has 0 heterocycles. The Balaban J connectivity index is 2.30. The number of hydrogen-bond donors (Lipinski definition) is 1. The van der Waals surface area contributed by atoms with E-state index in [-0.39, 0.29) is 0 Å². The number of hydrogen-bond acceptors (Lipinski definition) is 3. The van der Waals surface area contributed by atoms with E-state index in [2.05, 4.69) is 31.1 Å². The van der Waals surface area contributed by atoms with Crippen molar-refractivity contribution in [2.45, 2.75) is 51.6 Å². The van der Waals surface area contributed by atoms with E-state index in [9.17, 15) is 0 Å². The van der Waals surface area contributed by atoms with Gasteiger partial charge in [0.1, 0.15) is 0 Å². The minimum Gasteiger partial charge on any atom is -0.383 e. The highest BCUT2D eigenvalue weighted by atomic mass is 16.5. The molecule has 0 aromatic heterocycles. The van der Waals surface area contributed by atoms with E-state index in [4.69, 9.17) is 4.74 Å². The van der Waals surface area contributed by atoms with Gasteiger partial charge in [0.2, 0.25) is 0 Å². The van der Waals surface area contributed by atoms with Crippen molar-refractivity contribution in [2.75, 3.05) is 33.9 Å². The van der Waals surface area contributed by atoms with Crippen LogP contribution >= 0.6 is 0 Å². The molecule has 17 heavy (non-hydrogen) atoms. The van der Waals surface area contributed by atoms with Crippen molar-refractivity contribution in [1.82, 2.24) is 10.2 Å². The molecule has 3 heteroatoms. The van der Waals surface area contributed by atoms with Gasteiger partial charge in [0.15, 0.2) is 0 Å². The van der Waals surface area contributed by atoms with Gasteiger partial charge in [0, 0.05) is 25.7 Å². The molecule has 102 valence electrons. The lowest BCUT2D eigenvalue weighted by atomic mass is 9.99. The molecule has 0 bridgehead atoms. The van der Waals surface area contributed by atoms with E-state index < -0.39 is 0 Å². The quantitative estimate of drug-likeness (QED) is 0.705. The van der Waals surface area contributed by atoms with Gasteiger partial charge in [-0.2, -0.15) is 0 Å². The Morgan fingerprint density at radius 3 is 2.65 bits per heavy atom. The van der Waals surface area contributed by atoms with Crippen LogP contribution < -0.4 is 5.32 Å². The summed E-state index contributed by atoms with van der Waals surface area (Å²) < 4.78 is 5.18. The van der Waals surface area contributed by atoms with Gasteiger partial charge < -0.3 is 10.1 Å². The molecule has 0 saturated heterocycles. The fraction of sp³-hybridized carbons (Fsp3) is 1.00. The van der Waals surface area contributed by atoms with E-state index in [0.29, 0.717) is 6.04 Å². The van der Waals surface area contributed by atoms with Crippen LogP contribution in [0.1, 0.15) is 39.5 Å². The first-order valence-electron chi connectivity index (χ1n) is 7.09. The summed E-state index contributed by atoms with van der Waals surface area (Å²) in [6.45, 7) is 7.67. The van der Waals surface area contributed by atoms with Crippen LogP contribution in [0.25, 0.3) is 0 Å². The minimum absolute atomic E-state index is 0.625. The van der Waals surface area contributed by atoms with Crippen LogP contribution in [0, 0.1) is 5.92 Å². The Bertz CT molecular complexity index is 197. The fourth-order valence-corrected chi connectivity index (χ4v) is 2.93. The van der Waals surface area contributed by atoms with Crippen molar-refractivity contribution in [3.05, 3.63) is 0 Å². The maximum atomic E-state index is 5.18. The van der Waals surface area contributed by atoms with Crippen LogP contribution in [0.5, 0.6) is 0 Å². The monoisotopic (exact) mass is 242 g/mol. The van der Waals surface area contributed by atoms with E-state index in [1.807, 2.05) is 0 Å². The molecule has 1 saturated carbocycles. The summed E-state index contributed by atoms with van der Waals surface area (Å²) in [6.07, 6.45) is 5.49. The summed E-state index contributed by atoms with van der Waals surface area (Å²) in [5, 5.41) is 3.47. The summed E-state index contributed by atoms with van der Waals surface area (Å²) in [6, 6.07) is 1.38. The number of rotatable bonds is 8. The normalized spacial score (nSPS) is 25.1. The third kappa shape index (κ3) is 4.94. The van der Waals surface area contributed by atoms with Gasteiger partial charge in [-0.3, -0.25) is 4.90 Å². The Morgan fingerprint density at radius 1 is 1.29 bits per heavy atom. The molecule has 0 radical (unpaired) electrons. The Labute approximate surface area is 107 Å². The molecule has 1 aliphatic rings. The number of methoxy groups -OCH3 is 1. The van der Waals surface area contributed by atoms with Gasteiger partial charge in [-0.15, -0.1) is 0 Å². The van der Waals surface area contributed by atoms with Crippen molar-refractivity contribution in [2.24, 2.45) is 5.92 Å². The fourth-order valence-electron chi connectivity index (χ4n) is 2.93. The lowest BCUT2D eigenvalue weighted by Gasteiger charge is -2.28. The molecule has 1 aliphatic carbocycles. The number of ether oxygens (including phenoxy) is 1. The SMILES string of the molecule is CNC1CCCC1CCN(CCOC)C(C)C. The van der Waals surface area contributed by atoms with E-state index >= 15 is 0 Å². The van der Waals surface area contributed by atoms with Gasteiger partial charge in [0.05, 0.1) is 6.61 Å². The zero-order valence-corrected chi connectivity index (χ0v) is 12.0. The average Bonchev–Trinajstić information content (AvgIpc) is 2.76. The van der Waals surface area contributed by atoms with Crippen molar-refractivity contribution in [1.29, 1.82) is 0 Å². The van der Waals surface area contributed by atoms with E-state index in [1.54, 1.807) is 7.11 Å². The highest BCUT2D eigenvalue weighted by molar-refractivity contribution is 4.83. The summed E-state index contributed by atoms with van der Waals surface area (Å²) >= 11 is 0. The van der Waals surface area contributed by atoms with Gasteiger partial charge in [-0.05, 0) is 52.6 Å². The van der Waals surface area contributed by atoms with Crippen LogP contribution in [-0.4, -0.2) is 50.8 Å². The molecule has 0 aromatic rings. The molecule has 3 nitrogen and oxygen atoms in total. The van der Waals surface area contributed by atoms with Crippen LogP contribution in [0.15, 0.2) is 0 Å². The molecule has 0 amide bonds. The Morgan fingerprint density at radius 2 is 2.06 bits per heavy atom. The van der Waals surface area contributed by atoms with Crippen LogP contribution in [-0.2, 0) is 4.74 Å². The van der Waals surface area contributed by atoms with Crippen LogP contribution in [0.4, 0.5) is 0 Å². The molecule has 0 aliphatic heterocycles. The Kier molecular flexibility index (Phi) is 7.09. The number of nitrogens with one attached hydrogen (secondary N) is 1. The molecule has 1 N–H and O–H groups in total. The number of nitrogens with zero attached hydrogens (tertiary/aromatic N) is 1. The minimum atomic E-state index is 0.625. The van der Waals surface area contributed by atoms with Gasteiger partial charge in [-0.1, -0.05) is 6.42 Å². The lowest BCUT2D eigenvalue weighted by molar-refractivity contribution is 0.123. The smallest absolute Gasteiger partial charge is 0.0589 e. The van der Waals surface area contributed by atoms with E-state index in [1.165, 1.54) is 32.2 Å². The topological polar surface area (TPSA) is 24.5 Å². The third-order valence-electron chi connectivity index (χ3n) is 4.13. The van der Waals surface area contributed by atoms with Crippen molar-refractivity contribution in [3.8, 4) is 0 Å². The van der Waals surface area contributed by atoms with Crippen molar-refractivity contribution < 1.29 is 4.74 Å². The molecular weight excluding hydrogens is 212 g/mol. The van der Waals surface area contributed by atoms with Crippen LogP contribution in [0.2, 0.25) is 0 Å². The molecule has 1 rings (SSSR count). The molecular formula is C14H30N2O. The van der Waals surface area contributed by atoms with Gasteiger partial charge in [-0.25, -0.2) is 0 Å². The summed E-state index contributed by atoms with van der Waals surface area (Å²) in [4.78, 5) is 2.54. The summed E-state index contributed by atoms with van der Waals surface area (Å²) in [5.41, 5.74) is 0. The predicted octanol–water partition coefficient (Wildman–Crippen LogP) is 2.12. The second-order valence-electron chi connectivity index (χ2n) is 5.50. The largest absolute Gasteiger partial charge is 0.383 e. The molecule has 2 atom stereocenters. The van der Waals surface area contributed by atoms with Gasteiger partial charge >= 0.3 is 0 Å². The first-order valence-corrected chi connectivity index (χ1v) is 7.09. The maximum absolute atomic E-state index is 5.18. The standard InChI is InChI=1S/C14H30N2O/c1-12(2)16(10-11-17-4)9-8-13-6-5-7-14(13)15-3/h12-15H,5-11H2,1-4H3. The first-order chi connectivity index (χ1) is 8.19. The highest BCUT2D eigenvalue weighted by Crippen LogP contribution is 2.28. The average molecular weight is 242 g/mol. The Hall–Kier alpha value is -0.120. The van der Waals surface area contributed by atoms with E-state index in [0.717, 1.165) is 25.1 Å². The summed E-state index contributed by atoms with van der Waals surface area (Å²) in [5.74, 6) is 0.879. The summed E-state index contributed by atoms with van der Waals surface area (Å²) in [7, 11) is 3.89.